The molecule has 1 N–H and O–H groups in total. The summed E-state index contributed by atoms with van der Waals surface area (Å²) >= 11 is 5.71. The standard InChI is InChI=1S/C9H9ClN4O/c1-11-5-8-13-9(15-14-8)7-3-2-6(10)4-12-7/h2-4,11H,5H2,1H3. The van der Waals surface area contributed by atoms with Crippen LogP contribution in [0.25, 0.3) is 11.6 Å². The predicted molar refractivity (Wildman–Crippen MR) is 55.3 cm³/mol. The summed E-state index contributed by atoms with van der Waals surface area (Å²) in [6.45, 7) is 0.567. The zero-order chi connectivity index (χ0) is 10.7. The summed E-state index contributed by atoms with van der Waals surface area (Å²) in [6.07, 6.45) is 1.54. The first kappa shape index (κ1) is 10.1. The Morgan fingerprint density at radius 1 is 1.47 bits per heavy atom. The maximum Gasteiger partial charge on any atom is 0.276 e. The van der Waals surface area contributed by atoms with Gasteiger partial charge in [0.1, 0.15) is 5.69 Å². The van der Waals surface area contributed by atoms with E-state index in [2.05, 4.69) is 20.4 Å². The number of hydrogen-bond acceptors (Lipinski definition) is 5. The van der Waals surface area contributed by atoms with Crippen LogP contribution in [0.3, 0.4) is 0 Å². The van der Waals surface area contributed by atoms with Crippen LogP contribution in [0.4, 0.5) is 0 Å². The minimum Gasteiger partial charge on any atom is -0.332 e. The summed E-state index contributed by atoms with van der Waals surface area (Å²) in [7, 11) is 1.82. The SMILES string of the molecule is CNCc1noc(-c2ccc(Cl)cn2)n1. The fourth-order valence-corrected chi connectivity index (χ4v) is 1.20. The number of rotatable bonds is 3. The van der Waals surface area contributed by atoms with Crippen LogP contribution in [0.2, 0.25) is 5.02 Å². The molecule has 2 aromatic heterocycles. The van der Waals surface area contributed by atoms with E-state index >= 15 is 0 Å². The number of hydrogen-bond donors (Lipinski definition) is 1. The van der Waals surface area contributed by atoms with Crippen LogP contribution >= 0.6 is 11.6 Å². The molecule has 0 atom stereocenters. The molecule has 0 aliphatic rings. The summed E-state index contributed by atoms with van der Waals surface area (Å²) < 4.78 is 5.04. The number of pyridine rings is 1. The van der Waals surface area contributed by atoms with Gasteiger partial charge < -0.3 is 9.84 Å². The molecule has 0 aliphatic heterocycles. The summed E-state index contributed by atoms with van der Waals surface area (Å²) in [4.78, 5) is 8.23. The topological polar surface area (TPSA) is 63.8 Å². The Labute approximate surface area is 91.5 Å². The van der Waals surface area contributed by atoms with Crippen LogP contribution in [0.1, 0.15) is 5.82 Å². The Bertz CT molecular complexity index is 440. The molecule has 5 nitrogen and oxygen atoms in total. The van der Waals surface area contributed by atoms with Crippen molar-refractivity contribution in [2.24, 2.45) is 0 Å². The van der Waals surface area contributed by atoms with Crippen LogP contribution in [0, 0.1) is 0 Å². The Morgan fingerprint density at radius 3 is 3.00 bits per heavy atom. The molecule has 0 bridgehead atoms. The quantitative estimate of drug-likeness (QED) is 0.856. The molecule has 0 aliphatic carbocycles. The third kappa shape index (κ3) is 2.31. The molecule has 0 radical (unpaired) electrons. The number of nitrogens with one attached hydrogen (secondary N) is 1. The summed E-state index contributed by atoms with van der Waals surface area (Å²) in [6, 6.07) is 3.46. The minimum absolute atomic E-state index is 0.400. The fraction of sp³-hybridized carbons (Fsp3) is 0.222. The summed E-state index contributed by atoms with van der Waals surface area (Å²) in [5, 5.41) is 7.29. The van der Waals surface area contributed by atoms with Crippen LogP contribution in [-0.4, -0.2) is 22.2 Å². The van der Waals surface area contributed by atoms with Crippen molar-refractivity contribution in [2.45, 2.75) is 6.54 Å². The largest absolute Gasteiger partial charge is 0.332 e. The molecule has 15 heavy (non-hydrogen) atoms. The monoisotopic (exact) mass is 224 g/mol. The van der Waals surface area contributed by atoms with Crippen molar-refractivity contribution in [2.75, 3.05) is 7.05 Å². The molecule has 2 rings (SSSR count). The van der Waals surface area contributed by atoms with Crippen LogP contribution < -0.4 is 5.32 Å². The van der Waals surface area contributed by atoms with E-state index < -0.39 is 0 Å². The van der Waals surface area contributed by atoms with Gasteiger partial charge in [0.05, 0.1) is 11.6 Å². The van der Waals surface area contributed by atoms with E-state index in [1.54, 1.807) is 18.3 Å². The highest BCUT2D eigenvalue weighted by Gasteiger charge is 2.08. The van der Waals surface area contributed by atoms with Gasteiger partial charge >= 0.3 is 0 Å². The van der Waals surface area contributed by atoms with E-state index in [0.29, 0.717) is 29.0 Å². The zero-order valence-electron chi connectivity index (χ0n) is 8.07. The van der Waals surface area contributed by atoms with E-state index in [4.69, 9.17) is 16.1 Å². The number of aromatic nitrogens is 3. The van der Waals surface area contributed by atoms with Gasteiger partial charge in [0.15, 0.2) is 5.82 Å². The second-order valence-corrected chi connectivity index (χ2v) is 3.34. The van der Waals surface area contributed by atoms with Gasteiger partial charge in [0, 0.05) is 6.20 Å². The lowest BCUT2D eigenvalue weighted by atomic mass is 10.3. The molecule has 0 fully saturated rings. The van der Waals surface area contributed by atoms with E-state index in [-0.39, 0.29) is 0 Å². The molecular weight excluding hydrogens is 216 g/mol. The molecule has 0 saturated heterocycles. The van der Waals surface area contributed by atoms with E-state index in [1.165, 1.54) is 0 Å². The normalized spacial score (nSPS) is 10.5. The second kappa shape index (κ2) is 4.37. The molecule has 6 heteroatoms. The molecule has 0 saturated carbocycles. The van der Waals surface area contributed by atoms with Crippen molar-refractivity contribution in [3.05, 3.63) is 29.2 Å². The van der Waals surface area contributed by atoms with Gasteiger partial charge in [-0.1, -0.05) is 16.8 Å². The van der Waals surface area contributed by atoms with Gasteiger partial charge in [-0.25, -0.2) is 4.98 Å². The first-order valence-corrected chi connectivity index (χ1v) is 4.76. The number of nitrogens with zero attached hydrogens (tertiary/aromatic N) is 3. The predicted octanol–water partition coefficient (Wildman–Crippen LogP) is 1.50. The van der Waals surface area contributed by atoms with Crippen molar-refractivity contribution < 1.29 is 4.52 Å². The number of halogens is 1. The van der Waals surface area contributed by atoms with Crippen molar-refractivity contribution in [1.29, 1.82) is 0 Å². The Hall–Kier alpha value is -1.46. The molecule has 78 valence electrons. The van der Waals surface area contributed by atoms with Crippen LogP contribution in [0.5, 0.6) is 0 Å². The van der Waals surface area contributed by atoms with Crippen molar-refractivity contribution in [1.82, 2.24) is 20.4 Å². The second-order valence-electron chi connectivity index (χ2n) is 2.91. The van der Waals surface area contributed by atoms with Gasteiger partial charge in [-0.05, 0) is 19.2 Å². The van der Waals surface area contributed by atoms with Crippen molar-refractivity contribution in [3.63, 3.8) is 0 Å². The van der Waals surface area contributed by atoms with E-state index in [0.717, 1.165) is 0 Å². The molecule has 0 spiro atoms. The molecule has 0 unspecified atom stereocenters. The highest BCUT2D eigenvalue weighted by molar-refractivity contribution is 6.30. The van der Waals surface area contributed by atoms with Gasteiger partial charge in [-0.2, -0.15) is 4.98 Å². The fourth-order valence-electron chi connectivity index (χ4n) is 1.09. The van der Waals surface area contributed by atoms with Gasteiger partial charge in [-0.3, -0.25) is 0 Å². The van der Waals surface area contributed by atoms with Gasteiger partial charge in [-0.15, -0.1) is 0 Å². The lowest BCUT2D eigenvalue weighted by molar-refractivity contribution is 0.419. The molecule has 0 amide bonds. The zero-order valence-corrected chi connectivity index (χ0v) is 8.82. The van der Waals surface area contributed by atoms with Gasteiger partial charge in [0.25, 0.3) is 5.89 Å². The minimum atomic E-state index is 0.400. The Kier molecular flexibility index (Phi) is 2.94. The molecular formula is C9H9ClN4O. The van der Waals surface area contributed by atoms with E-state index in [1.807, 2.05) is 7.05 Å². The maximum absolute atomic E-state index is 5.71. The highest BCUT2D eigenvalue weighted by atomic mass is 35.5. The lowest BCUT2D eigenvalue weighted by Crippen LogP contribution is -2.06. The summed E-state index contributed by atoms with van der Waals surface area (Å²) in [5.74, 6) is 1.00. The molecule has 2 aromatic rings. The average Bonchev–Trinajstić information content (AvgIpc) is 2.68. The smallest absolute Gasteiger partial charge is 0.276 e. The third-order valence-corrected chi connectivity index (χ3v) is 1.97. The first-order valence-electron chi connectivity index (χ1n) is 4.38. The average molecular weight is 225 g/mol. The Morgan fingerprint density at radius 2 is 2.33 bits per heavy atom. The van der Waals surface area contributed by atoms with E-state index in [9.17, 15) is 0 Å². The molecule has 0 aromatic carbocycles. The lowest BCUT2D eigenvalue weighted by Gasteiger charge is -1.92. The van der Waals surface area contributed by atoms with Crippen molar-refractivity contribution in [3.8, 4) is 11.6 Å². The molecule has 2 heterocycles. The van der Waals surface area contributed by atoms with Gasteiger partial charge in [0.2, 0.25) is 0 Å². The first-order chi connectivity index (χ1) is 7.29. The maximum atomic E-state index is 5.71. The Balaban J connectivity index is 2.25. The summed E-state index contributed by atoms with van der Waals surface area (Å²) in [5.41, 5.74) is 0.620. The van der Waals surface area contributed by atoms with Crippen molar-refractivity contribution >= 4 is 11.6 Å². The highest BCUT2D eigenvalue weighted by Crippen LogP contribution is 2.16. The van der Waals surface area contributed by atoms with Crippen LogP contribution in [0.15, 0.2) is 22.9 Å². The third-order valence-electron chi connectivity index (χ3n) is 1.75. The van der Waals surface area contributed by atoms with Crippen LogP contribution in [-0.2, 0) is 6.54 Å².